The molecule has 0 spiro atoms. The summed E-state index contributed by atoms with van der Waals surface area (Å²) in [6.45, 7) is 4.78. The number of nitrogens with one attached hydrogen (secondary N) is 1. The lowest BCUT2D eigenvalue weighted by Gasteiger charge is -2.13. The Hall–Kier alpha value is -3.58. The first-order chi connectivity index (χ1) is 16.5. The number of ether oxygens (including phenoxy) is 1. The highest BCUT2D eigenvalue weighted by atomic mass is 32.2. The van der Waals surface area contributed by atoms with E-state index in [1.165, 1.54) is 22.9 Å². The lowest BCUT2D eigenvalue weighted by Crippen LogP contribution is -2.15. The Balaban J connectivity index is 1.54. The highest BCUT2D eigenvalue weighted by Crippen LogP contribution is 2.31. The minimum Gasteiger partial charge on any atom is -0.496 e. The van der Waals surface area contributed by atoms with Crippen molar-refractivity contribution in [1.29, 1.82) is 0 Å². The Morgan fingerprint density at radius 2 is 1.74 bits per heavy atom. The summed E-state index contributed by atoms with van der Waals surface area (Å²) in [7, 11) is 1.65. The van der Waals surface area contributed by atoms with Crippen molar-refractivity contribution in [2.24, 2.45) is 0 Å². The van der Waals surface area contributed by atoms with E-state index in [2.05, 4.69) is 39.1 Å². The second-order valence-corrected chi connectivity index (χ2v) is 8.97. The summed E-state index contributed by atoms with van der Waals surface area (Å²) in [5, 5.41) is 12.6. The van der Waals surface area contributed by atoms with Gasteiger partial charge in [0.25, 0.3) is 0 Å². The quantitative estimate of drug-likeness (QED) is 0.324. The van der Waals surface area contributed by atoms with Crippen LogP contribution in [0.3, 0.4) is 0 Å². The molecule has 0 unspecified atom stereocenters. The number of para-hydroxylation sites is 1. The molecule has 1 amide bonds. The zero-order valence-corrected chi connectivity index (χ0v) is 20.4. The van der Waals surface area contributed by atoms with E-state index in [0.29, 0.717) is 11.7 Å². The molecule has 0 saturated carbocycles. The number of benzene rings is 3. The van der Waals surface area contributed by atoms with Crippen LogP contribution in [0, 0.1) is 13.8 Å². The molecule has 0 aliphatic rings. The number of anilines is 1. The molecule has 0 atom stereocenters. The number of amides is 1. The summed E-state index contributed by atoms with van der Waals surface area (Å²) in [6.07, 6.45) is 0.823. The Bertz CT molecular complexity index is 1270. The highest BCUT2D eigenvalue weighted by Gasteiger charge is 2.18. The fraction of sp³-hybridized carbons (Fsp3) is 0.222. The minimum absolute atomic E-state index is 0.0790. The van der Waals surface area contributed by atoms with Crippen LogP contribution < -0.4 is 10.1 Å². The van der Waals surface area contributed by atoms with Crippen LogP contribution >= 0.6 is 11.8 Å². The van der Waals surface area contributed by atoms with E-state index in [1.54, 1.807) is 7.11 Å². The van der Waals surface area contributed by atoms with Gasteiger partial charge in [-0.05, 0) is 61.2 Å². The first kappa shape index (κ1) is 23.6. The maximum absolute atomic E-state index is 12.6. The molecule has 3 aromatic carbocycles. The first-order valence-electron chi connectivity index (χ1n) is 11.2. The fourth-order valence-electron chi connectivity index (χ4n) is 3.66. The molecule has 174 valence electrons. The van der Waals surface area contributed by atoms with E-state index in [0.717, 1.165) is 34.8 Å². The van der Waals surface area contributed by atoms with E-state index in [9.17, 15) is 4.79 Å². The Labute approximate surface area is 204 Å². The third kappa shape index (κ3) is 5.66. The summed E-state index contributed by atoms with van der Waals surface area (Å²) >= 11 is 1.38. The van der Waals surface area contributed by atoms with Gasteiger partial charge in [-0.15, -0.1) is 10.2 Å². The predicted molar refractivity (Wildman–Crippen MR) is 137 cm³/mol. The van der Waals surface area contributed by atoms with Crippen molar-refractivity contribution in [3.05, 3.63) is 89.5 Å². The molecule has 0 saturated heterocycles. The van der Waals surface area contributed by atoms with Gasteiger partial charge < -0.3 is 14.6 Å². The zero-order valence-electron chi connectivity index (χ0n) is 19.6. The minimum atomic E-state index is -0.0790. The Morgan fingerprint density at radius 3 is 2.50 bits per heavy atom. The monoisotopic (exact) mass is 472 g/mol. The average molecular weight is 473 g/mol. The van der Waals surface area contributed by atoms with Gasteiger partial charge in [-0.2, -0.15) is 0 Å². The van der Waals surface area contributed by atoms with Crippen LogP contribution in [-0.4, -0.2) is 33.5 Å². The second-order valence-electron chi connectivity index (χ2n) is 8.03. The van der Waals surface area contributed by atoms with Crippen LogP contribution in [0.25, 0.3) is 11.4 Å². The molecule has 0 bridgehead atoms. The van der Waals surface area contributed by atoms with Gasteiger partial charge in [0.05, 0.1) is 18.4 Å². The van der Waals surface area contributed by atoms with Gasteiger partial charge in [0.1, 0.15) is 5.75 Å². The van der Waals surface area contributed by atoms with E-state index in [-0.39, 0.29) is 11.7 Å². The van der Waals surface area contributed by atoms with E-state index >= 15 is 0 Å². The van der Waals surface area contributed by atoms with Gasteiger partial charge in [0.2, 0.25) is 5.91 Å². The predicted octanol–water partition coefficient (Wildman–Crippen LogP) is 5.54. The number of methoxy groups -OCH3 is 1. The smallest absolute Gasteiger partial charge is 0.234 e. The van der Waals surface area contributed by atoms with Crippen LogP contribution in [0.4, 0.5) is 5.69 Å². The van der Waals surface area contributed by atoms with E-state index in [4.69, 9.17) is 4.74 Å². The van der Waals surface area contributed by atoms with Gasteiger partial charge >= 0.3 is 0 Å². The summed E-state index contributed by atoms with van der Waals surface area (Å²) in [4.78, 5) is 12.6. The Morgan fingerprint density at radius 1 is 0.971 bits per heavy atom. The highest BCUT2D eigenvalue weighted by molar-refractivity contribution is 7.99. The first-order valence-corrected chi connectivity index (χ1v) is 12.1. The molecule has 34 heavy (non-hydrogen) atoms. The van der Waals surface area contributed by atoms with Crippen molar-refractivity contribution in [3.8, 4) is 17.1 Å². The largest absolute Gasteiger partial charge is 0.496 e. The molecular weight excluding hydrogens is 444 g/mol. The molecule has 4 aromatic rings. The van der Waals surface area contributed by atoms with Gasteiger partial charge in [0.15, 0.2) is 11.0 Å². The molecule has 0 radical (unpaired) electrons. The number of aromatic nitrogens is 3. The third-order valence-corrected chi connectivity index (χ3v) is 6.62. The van der Waals surface area contributed by atoms with Crippen LogP contribution in [0.15, 0.2) is 78.0 Å². The van der Waals surface area contributed by atoms with Crippen LogP contribution in [-0.2, 0) is 17.8 Å². The summed E-state index contributed by atoms with van der Waals surface area (Å²) < 4.78 is 7.63. The molecule has 1 N–H and O–H groups in total. The molecule has 6 nitrogen and oxygen atoms in total. The number of nitrogens with zero attached hydrogens (tertiary/aromatic N) is 3. The molecule has 4 rings (SSSR count). The third-order valence-electron chi connectivity index (χ3n) is 5.65. The summed E-state index contributed by atoms with van der Waals surface area (Å²) in [6, 6.07) is 24.0. The number of thioether (sulfide) groups is 1. The van der Waals surface area contributed by atoms with Crippen molar-refractivity contribution in [2.45, 2.75) is 32.0 Å². The molecule has 7 heteroatoms. The normalized spacial score (nSPS) is 10.8. The van der Waals surface area contributed by atoms with Gasteiger partial charge in [-0.25, -0.2) is 0 Å². The average Bonchev–Trinajstić information content (AvgIpc) is 3.27. The van der Waals surface area contributed by atoms with Crippen molar-refractivity contribution >= 4 is 23.4 Å². The molecule has 0 aliphatic carbocycles. The number of carbonyl (C=O) groups is 1. The topological polar surface area (TPSA) is 69.0 Å². The summed E-state index contributed by atoms with van der Waals surface area (Å²) in [5.74, 6) is 1.62. The zero-order chi connectivity index (χ0) is 23.9. The number of hydrogen-bond donors (Lipinski definition) is 1. The lowest BCUT2D eigenvalue weighted by atomic mass is 10.1. The molecule has 1 aromatic heterocycles. The van der Waals surface area contributed by atoms with Crippen molar-refractivity contribution in [2.75, 3.05) is 18.2 Å². The van der Waals surface area contributed by atoms with Crippen molar-refractivity contribution in [3.63, 3.8) is 0 Å². The Kier molecular flexibility index (Phi) is 7.65. The fourth-order valence-corrected chi connectivity index (χ4v) is 4.42. The maximum atomic E-state index is 12.6. The van der Waals surface area contributed by atoms with Crippen LogP contribution in [0.5, 0.6) is 5.75 Å². The molecular formula is C27H28N4O2S. The van der Waals surface area contributed by atoms with Crippen LogP contribution in [0.2, 0.25) is 0 Å². The SMILES string of the molecule is COc1ccccc1-c1nnc(SCC(=O)Nc2ccc(C)c(C)c2)n1CCc1ccccc1. The van der Waals surface area contributed by atoms with Gasteiger partial charge in [-0.1, -0.05) is 60.3 Å². The molecule has 0 fully saturated rings. The number of rotatable bonds is 9. The number of carbonyl (C=O) groups excluding carboxylic acids is 1. The van der Waals surface area contributed by atoms with Gasteiger partial charge in [0, 0.05) is 12.2 Å². The number of hydrogen-bond acceptors (Lipinski definition) is 5. The van der Waals surface area contributed by atoms with E-state index in [1.807, 2.05) is 67.6 Å². The molecule has 0 aliphatic heterocycles. The van der Waals surface area contributed by atoms with E-state index < -0.39 is 0 Å². The standard InChI is InChI=1S/C27H28N4O2S/c1-19-13-14-22(17-20(19)2)28-25(32)18-34-27-30-29-26(23-11-7-8-12-24(23)33-3)31(27)16-15-21-9-5-4-6-10-21/h4-14,17H,15-16,18H2,1-3H3,(H,28,32). The maximum Gasteiger partial charge on any atom is 0.234 e. The number of aryl methyl sites for hydroxylation is 3. The summed E-state index contributed by atoms with van der Waals surface area (Å²) in [5.41, 5.74) is 5.24. The lowest BCUT2D eigenvalue weighted by molar-refractivity contribution is -0.113. The van der Waals surface area contributed by atoms with Crippen LogP contribution in [0.1, 0.15) is 16.7 Å². The van der Waals surface area contributed by atoms with Gasteiger partial charge in [-0.3, -0.25) is 4.79 Å². The van der Waals surface area contributed by atoms with Crippen molar-refractivity contribution < 1.29 is 9.53 Å². The van der Waals surface area contributed by atoms with Crippen molar-refractivity contribution in [1.82, 2.24) is 14.8 Å². The molecule has 1 heterocycles. The second kappa shape index (κ2) is 11.0.